The van der Waals surface area contributed by atoms with Gasteiger partial charge in [0.2, 0.25) is 0 Å². The van der Waals surface area contributed by atoms with Gasteiger partial charge in [0.25, 0.3) is 5.69 Å². The molecule has 2 N–H and O–H groups in total. The summed E-state index contributed by atoms with van der Waals surface area (Å²) in [5, 5.41) is 23.0. The van der Waals surface area contributed by atoms with E-state index in [1.807, 2.05) is 0 Å². The van der Waals surface area contributed by atoms with Crippen molar-refractivity contribution in [3.63, 3.8) is 0 Å². The molecule has 0 saturated heterocycles. The standard InChI is InChI=1S/C12H17ClN2O3S/c13-11-3-2-10(12(8-11)15(17)18)9-14-4-7-19-6-1-5-16/h2-3,8,14,16H,1,4-7,9H2. The number of rotatable bonds is 9. The topological polar surface area (TPSA) is 75.4 Å². The normalized spacial score (nSPS) is 10.6. The fourth-order valence-electron chi connectivity index (χ4n) is 1.49. The van der Waals surface area contributed by atoms with Gasteiger partial charge < -0.3 is 10.4 Å². The second-order valence-electron chi connectivity index (χ2n) is 3.90. The summed E-state index contributed by atoms with van der Waals surface area (Å²) in [4.78, 5) is 10.5. The van der Waals surface area contributed by atoms with Crippen molar-refractivity contribution in [3.8, 4) is 0 Å². The number of halogens is 1. The van der Waals surface area contributed by atoms with E-state index in [0.29, 0.717) is 17.1 Å². The first-order valence-corrected chi connectivity index (χ1v) is 7.50. The lowest BCUT2D eigenvalue weighted by molar-refractivity contribution is -0.385. The number of nitro groups is 1. The molecule has 0 heterocycles. The van der Waals surface area contributed by atoms with Crippen molar-refractivity contribution in [2.24, 2.45) is 0 Å². The third-order valence-electron chi connectivity index (χ3n) is 2.43. The van der Waals surface area contributed by atoms with Gasteiger partial charge in [-0.05, 0) is 24.3 Å². The highest BCUT2D eigenvalue weighted by molar-refractivity contribution is 7.99. The van der Waals surface area contributed by atoms with Crippen molar-refractivity contribution in [2.45, 2.75) is 13.0 Å². The first-order valence-electron chi connectivity index (χ1n) is 5.97. The Kier molecular flexibility index (Phi) is 7.81. The van der Waals surface area contributed by atoms with Gasteiger partial charge in [-0.3, -0.25) is 10.1 Å². The van der Waals surface area contributed by atoms with Gasteiger partial charge >= 0.3 is 0 Å². The summed E-state index contributed by atoms with van der Waals surface area (Å²) in [6.07, 6.45) is 0.799. The average molecular weight is 305 g/mol. The van der Waals surface area contributed by atoms with Gasteiger partial charge in [0.1, 0.15) is 0 Å². The molecule has 0 unspecified atom stereocenters. The number of aliphatic hydroxyl groups is 1. The quantitative estimate of drug-likeness (QED) is 0.416. The Morgan fingerprint density at radius 3 is 2.89 bits per heavy atom. The first-order chi connectivity index (χ1) is 9.15. The number of nitro benzene ring substituents is 1. The molecule has 1 aromatic rings. The molecular weight excluding hydrogens is 288 g/mol. The molecule has 0 radical (unpaired) electrons. The van der Waals surface area contributed by atoms with Gasteiger partial charge in [-0.25, -0.2) is 0 Å². The van der Waals surface area contributed by atoms with Crippen LogP contribution in [0.15, 0.2) is 18.2 Å². The second-order valence-corrected chi connectivity index (χ2v) is 5.56. The predicted octanol–water partition coefficient (Wildman–Crippen LogP) is 2.45. The summed E-state index contributed by atoms with van der Waals surface area (Å²) in [5.74, 6) is 1.85. The van der Waals surface area contributed by atoms with Crippen molar-refractivity contribution in [2.75, 3.05) is 24.7 Å². The van der Waals surface area contributed by atoms with E-state index in [2.05, 4.69) is 5.32 Å². The maximum absolute atomic E-state index is 10.9. The lowest BCUT2D eigenvalue weighted by Gasteiger charge is -2.06. The first kappa shape index (κ1) is 16.2. The smallest absolute Gasteiger partial charge is 0.275 e. The lowest BCUT2D eigenvalue weighted by Crippen LogP contribution is -2.17. The molecule has 0 fully saturated rings. The molecule has 5 nitrogen and oxygen atoms in total. The molecule has 0 atom stereocenters. The molecule has 0 aliphatic heterocycles. The summed E-state index contributed by atoms with van der Waals surface area (Å²) in [6, 6.07) is 4.70. The molecule has 0 aromatic heterocycles. The van der Waals surface area contributed by atoms with Crippen LogP contribution in [0.1, 0.15) is 12.0 Å². The SMILES string of the molecule is O=[N+]([O-])c1cc(Cl)ccc1CNCCSCCCO. The highest BCUT2D eigenvalue weighted by atomic mass is 35.5. The van der Waals surface area contributed by atoms with Crippen molar-refractivity contribution >= 4 is 29.1 Å². The van der Waals surface area contributed by atoms with Crippen molar-refractivity contribution < 1.29 is 10.0 Å². The van der Waals surface area contributed by atoms with Crippen LogP contribution >= 0.6 is 23.4 Å². The summed E-state index contributed by atoms with van der Waals surface area (Å²) >= 11 is 7.49. The monoisotopic (exact) mass is 304 g/mol. The number of hydrogen-bond acceptors (Lipinski definition) is 5. The van der Waals surface area contributed by atoms with E-state index < -0.39 is 4.92 Å². The second kappa shape index (κ2) is 9.14. The van der Waals surface area contributed by atoms with Gasteiger partial charge in [-0.1, -0.05) is 11.6 Å². The Morgan fingerprint density at radius 2 is 2.21 bits per heavy atom. The molecule has 0 spiro atoms. The zero-order valence-corrected chi connectivity index (χ0v) is 12.0. The zero-order chi connectivity index (χ0) is 14.1. The van der Waals surface area contributed by atoms with Crippen LogP contribution in [0, 0.1) is 10.1 Å². The number of thioether (sulfide) groups is 1. The van der Waals surface area contributed by atoms with Gasteiger partial charge in [-0.15, -0.1) is 0 Å². The fourth-order valence-corrected chi connectivity index (χ4v) is 2.48. The van der Waals surface area contributed by atoms with Crippen LogP contribution in [0.3, 0.4) is 0 Å². The summed E-state index contributed by atoms with van der Waals surface area (Å²) in [6.45, 7) is 1.45. The number of hydrogen-bond donors (Lipinski definition) is 2. The van der Waals surface area contributed by atoms with Crippen LogP contribution in [-0.4, -0.2) is 34.7 Å². The highest BCUT2D eigenvalue weighted by Gasteiger charge is 2.13. The Morgan fingerprint density at radius 1 is 1.42 bits per heavy atom. The van der Waals surface area contributed by atoms with Crippen LogP contribution in [-0.2, 0) is 6.54 Å². The summed E-state index contributed by atoms with van der Waals surface area (Å²) in [5.41, 5.74) is 0.683. The van der Waals surface area contributed by atoms with Gasteiger partial charge in [-0.2, -0.15) is 11.8 Å². The molecule has 0 bridgehead atoms. The fraction of sp³-hybridized carbons (Fsp3) is 0.500. The maximum atomic E-state index is 10.9. The van der Waals surface area contributed by atoms with Crippen molar-refractivity contribution in [1.29, 1.82) is 0 Å². The number of nitrogens with one attached hydrogen (secondary N) is 1. The van der Waals surface area contributed by atoms with Crippen LogP contribution in [0.25, 0.3) is 0 Å². The molecule has 19 heavy (non-hydrogen) atoms. The van der Waals surface area contributed by atoms with Crippen molar-refractivity contribution in [3.05, 3.63) is 38.9 Å². The van der Waals surface area contributed by atoms with Gasteiger partial charge in [0.05, 0.1) is 4.92 Å². The van der Waals surface area contributed by atoms with Crippen LogP contribution < -0.4 is 5.32 Å². The molecule has 1 rings (SSSR count). The van der Waals surface area contributed by atoms with E-state index in [9.17, 15) is 10.1 Å². The van der Waals surface area contributed by atoms with E-state index in [0.717, 1.165) is 24.5 Å². The molecule has 0 saturated carbocycles. The molecule has 1 aromatic carbocycles. The Bertz CT molecular complexity index is 418. The molecule has 106 valence electrons. The Labute approximate surface area is 121 Å². The van der Waals surface area contributed by atoms with Crippen LogP contribution in [0.2, 0.25) is 5.02 Å². The largest absolute Gasteiger partial charge is 0.396 e. The Balaban J connectivity index is 2.35. The Hall–Kier alpha value is -0.820. The molecule has 0 aliphatic carbocycles. The third-order valence-corrected chi connectivity index (χ3v) is 3.73. The lowest BCUT2D eigenvalue weighted by atomic mass is 10.2. The molecule has 0 aliphatic rings. The predicted molar refractivity (Wildman–Crippen MR) is 78.8 cm³/mol. The average Bonchev–Trinajstić information content (AvgIpc) is 2.39. The third kappa shape index (κ3) is 6.24. The van der Waals surface area contributed by atoms with Crippen molar-refractivity contribution in [1.82, 2.24) is 5.32 Å². The van der Waals surface area contributed by atoms with E-state index >= 15 is 0 Å². The van der Waals surface area contributed by atoms with E-state index in [-0.39, 0.29) is 12.3 Å². The highest BCUT2D eigenvalue weighted by Crippen LogP contribution is 2.22. The number of benzene rings is 1. The number of aliphatic hydroxyl groups excluding tert-OH is 1. The molecule has 7 heteroatoms. The minimum atomic E-state index is -0.418. The van der Waals surface area contributed by atoms with E-state index in [4.69, 9.17) is 16.7 Å². The van der Waals surface area contributed by atoms with E-state index in [1.54, 1.807) is 23.9 Å². The maximum Gasteiger partial charge on any atom is 0.275 e. The van der Waals surface area contributed by atoms with Crippen LogP contribution in [0.4, 0.5) is 5.69 Å². The van der Waals surface area contributed by atoms with Crippen LogP contribution in [0.5, 0.6) is 0 Å². The van der Waals surface area contributed by atoms with E-state index in [1.165, 1.54) is 6.07 Å². The zero-order valence-electron chi connectivity index (χ0n) is 10.5. The summed E-state index contributed by atoms with van der Waals surface area (Å²) < 4.78 is 0. The summed E-state index contributed by atoms with van der Waals surface area (Å²) in [7, 11) is 0. The minimum Gasteiger partial charge on any atom is -0.396 e. The number of nitrogens with zero attached hydrogens (tertiary/aromatic N) is 1. The molecule has 0 amide bonds. The van der Waals surface area contributed by atoms with Gasteiger partial charge in [0.15, 0.2) is 0 Å². The molecular formula is C12H17ClN2O3S. The van der Waals surface area contributed by atoms with Gasteiger partial charge in [0, 0.05) is 42.1 Å². The minimum absolute atomic E-state index is 0.0490.